The lowest BCUT2D eigenvalue weighted by molar-refractivity contribution is 0.0975. The van der Waals surface area contributed by atoms with Gasteiger partial charge < -0.3 is 10.1 Å². The number of nitrogens with one attached hydrogen (secondary N) is 2. The number of hydrogen-bond acceptors (Lipinski definition) is 3. The molecule has 22 heavy (non-hydrogen) atoms. The van der Waals surface area contributed by atoms with Gasteiger partial charge in [0.25, 0.3) is 5.91 Å². The van der Waals surface area contributed by atoms with Crippen molar-refractivity contribution in [3.63, 3.8) is 0 Å². The van der Waals surface area contributed by atoms with Gasteiger partial charge in [0.2, 0.25) is 0 Å². The second kappa shape index (κ2) is 7.04. The van der Waals surface area contributed by atoms with E-state index in [0.717, 1.165) is 11.3 Å². The second-order valence-corrected chi connectivity index (χ2v) is 5.32. The van der Waals surface area contributed by atoms with Crippen molar-refractivity contribution >= 4 is 28.9 Å². The van der Waals surface area contributed by atoms with Gasteiger partial charge in [-0.05, 0) is 61.5 Å². The highest BCUT2D eigenvalue weighted by molar-refractivity contribution is 7.80. The Labute approximate surface area is 135 Å². The third kappa shape index (κ3) is 3.83. The summed E-state index contributed by atoms with van der Waals surface area (Å²) < 4.78 is 5.17. The van der Waals surface area contributed by atoms with Crippen molar-refractivity contribution in [2.45, 2.75) is 13.8 Å². The quantitative estimate of drug-likeness (QED) is 0.852. The van der Waals surface area contributed by atoms with Crippen LogP contribution in [0.25, 0.3) is 0 Å². The minimum Gasteiger partial charge on any atom is -0.496 e. The van der Waals surface area contributed by atoms with Crippen LogP contribution in [-0.2, 0) is 0 Å². The summed E-state index contributed by atoms with van der Waals surface area (Å²) in [4.78, 5) is 12.2. The van der Waals surface area contributed by atoms with Crippen molar-refractivity contribution in [3.05, 3.63) is 59.2 Å². The third-order valence-corrected chi connectivity index (χ3v) is 3.55. The Balaban J connectivity index is 2.05. The molecule has 0 aliphatic heterocycles. The number of rotatable bonds is 3. The van der Waals surface area contributed by atoms with Gasteiger partial charge in [0.15, 0.2) is 5.11 Å². The van der Waals surface area contributed by atoms with Crippen LogP contribution in [0.4, 0.5) is 5.69 Å². The minimum absolute atomic E-state index is 0.249. The van der Waals surface area contributed by atoms with E-state index in [9.17, 15) is 4.79 Å². The Morgan fingerprint density at radius 3 is 2.50 bits per heavy atom. The van der Waals surface area contributed by atoms with Crippen LogP contribution in [0.5, 0.6) is 5.75 Å². The first kappa shape index (κ1) is 16.0. The molecule has 2 N–H and O–H groups in total. The van der Waals surface area contributed by atoms with Crippen LogP contribution in [0.3, 0.4) is 0 Å². The van der Waals surface area contributed by atoms with E-state index in [1.807, 2.05) is 32.0 Å². The predicted molar refractivity (Wildman–Crippen MR) is 92.6 cm³/mol. The zero-order valence-electron chi connectivity index (χ0n) is 12.8. The number of aryl methyl sites for hydroxylation is 2. The summed E-state index contributed by atoms with van der Waals surface area (Å²) in [6.07, 6.45) is 0. The van der Waals surface area contributed by atoms with Gasteiger partial charge in [0, 0.05) is 5.69 Å². The smallest absolute Gasteiger partial charge is 0.261 e. The highest BCUT2D eigenvalue weighted by Gasteiger charge is 2.12. The molecule has 2 aromatic rings. The molecule has 0 saturated heterocycles. The van der Waals surface area contributed by atoms with Crippen molar-refractivity contribution in [2.24, 2.45) is 0 Å². The normalized spacial score (nSPS) is 9.95. The lowest BCUT2D eigenvalue weighted by Gasteiger charge is -2.12. The average molecular weight is 314 g/mol. The maximum atomic E-state index is 12.2. The second-order valence-electron chi connectivity index (χ2n) is 4.91. The number of carbonyl (C=O) groups is 1. The molecule has 2 rings (SSSR count). The van der Waals surface area contributed by atoms with Crippen molar-refractivity contribution in [1.82, 2.24) is 5.32 Å². The van der Waals surface area contributed by atoms with E-state index >= 15 is 0 Å². The number of hydrogen-bond donors (Lipinski definition) is 2. The monoisotopic (exact) mass is 314 g/mol. The fourth-order valence-electron chi connectivity index (χ4n) is 1.98. The van der Waals surface area contributed by atoms with Gasteiger partial charge in [-0.3, -0.25) is 10.1 Å². The summed E-state index contributed by atoms with van der Waals surface area (Å²) >= 11 is 5.18. The van der Waals surface area contributed by atoms with Crippen molar-refractivity contribution in [2.75, 3.05) is 12.4 Å². The van der Waals surface area contributed by atoms with Crippen LogP contribution in [-0.4, -0.2) is 18.1 Å². The molecule has 0 aromatic heterocycles. The highest BCUT2D eigenvalue weighted by atomic mass is 32.1. The van der Waals surface area contributed by atoms with E-state index in [1.165, 1.54) is 12.7 Å². The summed E-state index contributed by atoms with van der Waals surface area (Å²) in [5, 5.41) is 5.91. The van der Waals surface area contributed by atoms with E-state index < -0.39 is 0 Å². The zero-order chi connectivity index (χ0) is 16.1. The molecule has 0 bridgehead atoms. The molecule has 1 amide bonds. The number of ether oxygens (including phenoxy) is 1. The van der Waals surface area contributed by atoms with Gasteiger partial charge >= 0.3 is 0 Å². The van der Waals surface area contributed by atoms with Gasteiger partial charge in [-0.1, -0.05) is 18.2 Å². The molecule has 114 valence electrons. The fraction of sp³-hybridized carbons (Fsp3) is 0.176. The molecule has 0 radical (unpaired) electrons. The van der Waals surface area contributed by atoms with Crippen LogP contribution < -0.4 is 15.4 Å². The number of carbonyl (C=O) groups excluding carboxylic acids is 1. The summed E-state index contributed by atoms with van der Waals surface area (Å²) in [5.41, 5.74) is 3.64. The van der Waals surface area contributed by atoms with Crippen LogP contribution in [0.15, 0.2) is 42.5 Å². The Kier molecular flexibility index (Phi) is 5.12. The first-order chi connectivity index (χ1) is 10.5. The average Bonchev–Trinajstić information content (AvgIpc) is 2.50. The van der Waals surface area contributed by atoms with E-state index in [-0.39, 0.29) is 11.0 Å². The SMILES string of the molecule is COc1ccccc1C(=O)NC(=S)Nc1ccc(C)c(C)c1. The van der Waals surface area contributed by atoms with Gasteiger partial charge in [0.05, 0.1) is 12.7 Å². The van der Waals surface area contributed by atoms with E-state index in [4.69, 9.17) is 17.0 Å². The molecule has 0 atom stereocenters. The lowest BCUT2D eigenvalue weighted by Crippen LogP contribution is -2.34. The van der Waals surface area contributed by atoms with Gasteiger partial charge in [-0.2, -0.15) is 0 Å². The third-order valence-electron chi connectivity index (χ3n) is 3.34. The minimum atomic E-state index is -0.307. The number of benzene rings is 2. The van der Waals surface area contributed by atoms with Crippen molar-refractivity contribution < 1.29 is 9.53 Å². The van der Waals surface area contributed by atoms with Gasteiger partial charge in [-0.15, -0.1) is 0 Å². The Morgan fingerprint density at radius 1 is 1.09 bits per heavy atom. The lowest BCUT2D eigenvalue weighted by atomic mass is 10.1. The summed E-state index contributed by atoms with van der Waals surface area (Å²) in [6.45, 7) is 4.07. The molecular weight excluding hydrogens is 296 g/mol. The van der Waals surface area contributed by atoms with Crippen LogP contribution >= 0.6 is 12.2 Å². The van der Waals surface area contributed by atoms with Crippen LogP contribution in [0.2, 0.25) is 0 Å². The Hall–Kier alpha value is -2.40. The maximum absolute atomic E-state index is 12.2. The molecule has 0 saturated carbocycles. The summed E-state index contributed by atoms with van der Waals surface area (Å²) in [5.74, 6) is 0.202. The van der Waals surface area contributed by atoms with Crippen LogP contribution in [0, 0.1) is 13.8 Å². The number of methoxy groups -OCH3 is 1. The number of amides is 1. The fourth-order valence-corrected chi connectivity index (χ4v) is 2.19. The van der Waals surface area contributed by atoms with Crippen molar-refractivity contribution in [3.8, 4) is 5.75 Å². The molecule has 4 nitrogen and oxygen atoms in total. The largest absolute Gasteiger partial charge is 0.496 e. The topological polar surface area (TPSA) is 50.4 Å². The Morgan fingerprint density at radius 2 is 1.82 bits per heavy atom. The molecular formula is C17H18N2O2S. The summed E-state index contributed by atoms with van der Waals surface area (Å²) in [7, 11) is 1.53. The molecule has 0 aliphatic rings. The zero-order valence-corrected chi connectivity index (χ0v) is 13.6. The molecule has 0 heterocycles. The van der Waals surface area contributed by atoms with E-state index in [0.29, 0.717) is 11.3 Å². The molecule has 0 spiro atoms. The first-order valence-electron chi connectivity index (χ1n) is 6.84. The van der Waals surface area contributed by atoms with E-state index in [2.05, 4.69) is 10.6 Å². The number of anilines is 1. The molecule has 5 heteroatoms. The maximum Gasteiger partial charge on any atom is 0.261 e. The first-order valence-corrected chi connectivity index (χ1v) is 7.24. The number of para-hydroxylation sites is 1. The molecule has 0 fully saturated rings. The van der Waals surface area contributed by atoms with Crippen molar-refractivity contribution in [1.29, 1.82) is 0 Å². The van der Waals surface area contributed by atoms with E-state index in [1.54, 1.807) is 24.3 Å². The van der Waals surface area contributed by atoms with Gasteiger partial charge in [0.1, 0.15) is 5.75 Å². The summed E-state index contributed by atoms with van der Waals surface area (Å²) in [6, 6.07) is 12.9. The molecule has 0 aliphatic carbocycles. The van der Waals surface area contributed by atoms with Crippen LogP contribution in [0.1, 0.15) is 21.5 Å². The predicted octanol–water partition coefficient (Wildman–Crippen LogP) is 3.44. The highest BCUT2D eigenvalue weighted by Crippen LogP contribution is 2.17. The molecule has 2 aromatic carbocycles. The number of thiocarbonyl (C=S) groups is 1. The van der Waals surface area contributed by atoms with Gasteiger partial charge in [-0.25, -0.2) is 0 Å². The standard InChI is InChI=1S/C17H18N2O2S/c1-11-8-9-13(10-12(11)2)18-17(22)19-16(20)14-6-4-5-7-15(14)21-3/h4-10H,1-3H3,(H2,18,19,20,22). The molecule has 0 unspecified atom stereocenters. The Bertz CT molecular complexity index is 714.